The topological polar surface area (TPSA) is 98.8 Å². The lowest BCUT2D eigenvalue weighted by molar-refractivity contribution is -0.138. The van der Waals surface area contributed by atoms with Crippen molar-refractivity contribution in [2.45, 2.75) is 38.6 Å². The van der Waals surface area contributed by atoms with Crippen LogP contribution in [-0.4, -0.2) is 61.3 Å². The molecule has 29 heavy (non-hydrogen) atoms. The number of likely N-dealkylation sites (tertiary alicyclic amines) is 1. The van der Waals surface area contributed by atoms with Crippen molar-refractivity contribution in [2.75, 3.05) is 31.6 Å². The Balaban J connectivity index is 1.57. The molecule has 156 valence electrons. The van der Waals surface area contributed by atoms with Gasteiger partial charge in [-0.25, -0.2) is 0 Å². The quantitative estimate of drug-likeness (QED) is 0.725. The fourth-order valence-corrected chi connectivity index (χ4v) is 4.10. The van der Waals surface area contributed by atoms with E-state index in [0.717, 1.165) is 24.1 Å². The fourth-order valence-electron chi connectivity index (χ4n) is 4.10. The molecule has 2 heterocycles. The van der Waals surface area contributed by atoms with Gasteiger partial charge in [-0.2, -0.15) is 0 Å². The van der Waals surface area contributed by atoms with Crippen molar-refractivity contribution in [1.29, 1.82) is 0 Å². The Morgan fingerprint density at radius 1 is 1.17 bits per heavy atom. The summed E-state index contributed by atoms with van der Waals surface area (Å²) >= 11 is 0. The summed E-state index contributed by atoms with van der Waals surface area (Å²) in [6.07, 6.45) is 2.32. The summed E-state index contributed by atoms with van der Waals surface area (Å²) in [7, 11) is 1.55. The predicted octanol–water partition coefficient (Wildman–Crippen LogP) is 0.455. The number of nitrogens with zero attached hydrogens (tertiary/aromatic N) is 2. The standard InChI is InChI=1S/C21H28N4O4/c1-3-14-7-4-5-8-16(14)25-13-15(11-18(25)26)20(28)23-12-19(27)24-10-6-9-17(24)21(29)22-2/h4-5,7-8,15,17H,3,6,9-13H2,1-2H3,(H,22,29)(H,23,28). The molecular weight excluding hydrogens is 372 g/mol. The maximum Gasteiger partial charge on any atom is 0.242 e. The van der Waals surface area contributed by atoms with Gasteiger partial charge in [0, 0.05) is 32.2 Å². The van der Waals surface area contributed by atoms with E-state index in [1.807, 2.05) is 31.2 Å². The van der Waals surface area contributed by atoms with Crippen molar-refractivity contribution in [3.05, 3.63) is 29.8 Å². The number of amides is 4. The van der Waals surface area contributed by atoms with Gasteiger partial charge >= 0.3 is 0 Å². The molecule has 0 saturated carbocycles. The number of carbonyl (C=O) groups excluding carboxylic acids is 4. The Labute approximate surface area is 170 Å². The van der Waals surface area contributed by atoms with Crippen LogP contribution in [0.15, 0.2) is 24.3 Å². The first-order valence-corrected chi connectivity index (χ1v) is 10.1. The summed E-state index contributed by atoms with van der Waals surface area (Å²) in [5, 5.41) is 5.23. The van der Waals surface area contributed by atoms with Crippen LogP contribution in [0.3, 0.4) is 0 Å². The zero-order valence-electron chi connectivity index (χ0n) is 16.9. The van der Waals surface area contributed by atoms with E-state index < -0.39 is 12.0 Å². The summed E-state index contributed by atoms with van der Waals surface area (Å²) in [4.78, 5) is 52.6. The number of rotatable bonds is 6. The molecule has 3 rings (SSSR count). The lowest BCUT2D eigenvalue weighted by Crippen LogP contribution is -2.48. The number of carbonyl (C=O) groups is 4. The van der Waals surface area contributed by atoms with Crippen molar-refractivity contribution in [2.24, 2.45) is 5.92 Å². The van der Waals surface area contributed by atoms with Crippen LogP contribution in [0.2, 0.25) is 0 Å². The molecule has 0 aliphatic carbocycles. The van der Waals surface area contributed by atoms with Crippen LogP contribution >= 0.6 is 0 Å². The average molecular weight is 400 g/mol. The van der Waals surface area contributed by atoms with Gasteiger partial charge in [0.25, 0.3) is 0 Å². The highest BCUT2D eigenvalue weighted by Gasteiger charge is 2.37. The van der Waals surface area contributed by atoms with Gasteiger partial charge in [-0.1, -0.05) is 25.1 Å². The van der Waals surface area contributed by atoms with E-state index in [4.69, 9.17) is 0 Å². The molecule has 8 nitrogen and oxygen atoms in total. The van der Waals surface area contributed by atoms with Crippen LogP contribution in [0.25, 0.3) is 0 Å². The lowest BCUT2D eigenvalue weighted by atomic mass is 10.1. The second-order valence-corrected chi connectivity index (χ2v) is 7.46. The summed E-state index contributed by atoms with van der Waals surface area (Å²) in [6, 6.07) is 7.22. The van der Waals surface area contributed by atoms with Gasteiger partial charge in [-0.3, -0.25) is 19.2 Å². The summed E-state index contributed by atoms with van der Waals surface area (Å²) in [6.45, 7) is 2.68. The van der Waals surface area contributed by atoms with Gasteiger partial charge < -0.3 is 20.4 Å². The zero-order chi connectivity index (χ0) is 21.0. The van der Waals surface area contributed by atoms with Crippen molar-refractivity contribution in [1.82, 2.24) is 15.5 Å². The molecule has 4 amide bonds. The molecule has 8 heteroatoms. The minimum absolute atomic E-state index is 0.0865. The highest BCUT2D eigenvalue weighted by molar-refractivity contribution is 6.01. The molecule has 2 unspecified atom stereocenters. The molecular formula is C21H28N4O4. The number of aryl methyl sites for hydroxylation is 1. The SMILES string of the molecule is CCc1ccccc1N1CC(C(=O)NCC(=O)N2CCCC2C(=O)NC)CC1=O. The van der Waals surface area contributed by atoms with Crippen LogP contribution in [0.4, 0.5) is 5.69 Å². The number of anilines is 1. The van der Waals surface area contributed by atoms with E-state index in [9.17, 15) is 19.2 Å². The summed E-state index contributed by atoms with van der Waals surface area (Å²) in [5.74, 6) is -1.35. The normalized spacial score (nSPS) is 21.4. The Bertz CT molecular complexity index is 810. The van der Waals surface area contributed by atoms with E-state index in [-0.39, 0.29) is 36.6 Å². The van der Waals surface area contributed by atoms with Gasteiger partial charge in [0.15, 0.2) is 0 Å². The van der Waals surface area contributed by atoms with Crippen molar-refractivity contribution >= 4 is 29.3 Å². The van der Waals surface area contributed by atoms with Crippen LogP contribution in [-0.2, 0) is 25.6 Å². The van der Waals surface area contributed by atoms with Gasteiger partial charge in [0.05, 0.1) is 12.5 Å². The minimum atomic E-state index is -0.492. The van der Waals surface area contributed by atoms with Crippen molar-refractivity contribution in [3.8, 4) is 0 Å². The maximum absolute atomic E-state index is 12.6. The van der Waals surface area contributed by atoms with Crippen LogP contribution in [0.1, 0.15) is 31.7 Å². The largest absolute Gasteiger partial charge is 0.357 e. The van der Waals surface area contributed by atoms with E-state index >= 15 is 0 Å². The van der Waals surface area contributed by atoms with Gasteiger partial charge in [-0.05, 0) is 30.9 Å². The highest BCUT2D eigenvalue weighted by atomic mass is 16.2. The monoisotopic (exact) mass is 400 g/mol. The van der Waals surface area contributed by atoms with Gasteiger partial charge in [-0.15, -0.1) is 0 Å². The Morgan fingerprint density at radius 3 is 2.66 bits per heavy atom. The molecule has 0 radical (unpaired) electrons. The molecule has 2 aliphatic heterocycles. The Morgan fingerprint density at radius 2 is 1.93 bits per heavy atom. The van der Waals surface area contributed by atoms with E-state index in [1.54, 1.807) is 11.9 Å². The Hall–Kier alpha value is -2.90. The van der Waals surface area contributed by atoms with E-state index in [1.165, 1.54) is 4.90 Å². The molecule has 0 spiro atoms. The van der Waals surface area contributed by atoms with Gasteiger partial charge in [0.2, 0.25) is 23.6 Å². The average Bonchev–Trinajstić information content (AvgIpc) is 3.38. The minimum Gasteiger partial charge on any atom is -0.357 e. The number of hydrogen-bond donors (Lipinski definition) is 2. The number of benzene rings is 1. The molecule has 1 aromatic carbocycles. The molecule has 2 N–H and O–H groups in total. The first-order valence-electron chi connectivity index (χ1n) is 10.1. The molecule has 0 aromatic heterocycles. The molecule has 1 aromatic rings. The maximum atomic E-state index is 12.6. The van der Waals surface area contributed by atoms with Crippen molar-refractivity contribution < 1.29 is 19.2 Å². The molecule has 0 bridgehead atoms. The number of likely N-dealkylation sites (N-methyl/N-ethyl adjacent to an activating group) is 1. The van der Waals surface area contributed by atoms with Crippen LogP contribution in [0, 0.1) is 5.92 Å². The lowest BCUT2D eigenvalue weighted by Gasteiger charge is -2.24. The smallest absolute Gasteiger partial charge is 0.242 e. The van der Waals surface area contributed by atoms with E-state index in [2.05, 4.69) is 10.6 Å². The third-order valence-electron chi connectivity index (χ3n) is 5.70. The molecule has 2 atom stereocenters. The predicted molar refractivity (Wildman–Crippen MR) is 108 cm³/mol. The first kappa shape index (κ1) is 20.8. The third-order valence-corrected chi connectivity index (χ3v) is 5.70. The number of para-hydroxylation sites is 1. The van der Waals surface area contributed by atoms with Gasteiger partial charge in [0.1, 0.15) is 6.04 Å². The highest BCUT2D eigenvalue weighted by Crippen LogP contribution is 2.28. The third kappa shape index (κ3) is 4.41. The van der Waals surface area contributed by atoms with Crippen LogP contribution < -0.4 is 15.5 Å². The van der Waals surface area contributed by atoms with Crippen molar-refractivity contribution in [3.63, 3.8) is 0 Å². The Kier molecular flexibility index (Phi) is 6.51. The summed E-state index contributed by atoms with van der Waals surface area (Å²) in [5.41, 5.74) is 1.91. The molecule has 2 aliphatic rings. The summed E-state index contributed by atoms with van der Waals surface area (Å²) < 4.78 is 0. The zero-order valence-corrected chi connectivity index (χ0v) is 16.9. The van der Waals surface area contributed by atoms with E-state index in [0.29, 0.717) is 19.5 Å². The first-order chi connectivity index (χ1) is 14.0. The molecule has 2 fully saturated rings. The number of hydrogen-bond acceptors (Lipinski definition) is 4. The second kappa shape index (κ2) is 9.07. The second-order valence-electron chi connectivity index (χ2n) is 7.46. The van der Waals surface area contributed by atoms with Crippen LogP contribution in [0.5, 0.6) is 0 Å². The number of nitrogens with one attached hydrogen (secondary N) is 2. The fraction of sp³-hybridized carbons (Fsp3) is 0.524. The molecule has 2 saturated heterocycles.